The lowest BCUT2D eigenvalue weighted by Crippen LogP contribution is -2.47. The summed E-state index contributed by atoms with van der Waals surface area (Å²) in [6, 6.07) is 1.18. The molecule has 0 spiro atoms. The molecule has 4 heteroatoms. The van der Waals surface area contributed by atoms with Crippen molar-refractivity contribution in [3.8, 4) is 0 Å². The lowest BCUT2D eigenvalue weighted by Gasteiger charge is -2.39. The molecule has 0 aromatic heterocycles. The molecule has 3 aliphatic rings. The molecule has 0 aromatic carbocycles. The standard InChI is InChI=1S/C27H49N3.C11H21N.C5H10.C4H8.3C2H6/c1-13-21(15-26(7,8)9)28-20(6)29-23(27(10,11)12)14-18(4)30-16-22-19(5)24(22)25(30)17(2)3;1-6-8(2)7-9(3)10(4)11(5)12;1-2-5-3-4-5;1-4(2)3;3*1-2/h19,21-25,28-29H,2,4,6,13-16H2,1,3,5,7-12H3;8-9H,4-7,12H2,1-3H3;5H,2-4H2,1H3;1H2,2-3H3;3*1-2H3/t19?,21-,22-,23?,24+,25?;;;;;;/m1....../s1. The van der Waals surface area contributed by atoms with E-state index in [1.807, 2.05) is 55.4 Å². The van der Waals surface area contributed by atoms with E-state index in [9.17, 15) is 0 Å². The monoisotopic (exact) mass is 799 g/mol. The van der Waals surface area contributed by atoms with Crippen molar-refractivity contribution in [2.75, 3.05) is 6.54 Å². The molecule has 4 N–H and O–H groups in total. The van der Waals surface area contributed by atoms with E-state index < -0.39 is 0 Å². The van der Waals surface area contributed by atoms with E-state index in [-0.39, 0.29) is 11.5 Å². The number of rotatable bonds is 16. The van der Waals surface area contributed by atoms with Crippen LogP contribution in [-0.4, -0.2) is 29.6 Å². The van der Waals surface area contributed by atoms with E-state index in [4.69, 9.17) is 5.73 Å². The molecule has 0 radical (unpaired) electrons. The van der Waals surface area contributed by atoms with Crippen molar-refractivity contribution in [1.82, 2.24) is 15.5 Å². The maximum atomic E-state index is 5.56. The van der Waals surface area contributed by atoms with E-state index in [1.54, 1.807) is 0 Å². The smallest absolute Gasteiger partial charge is 0.0917 e. The Balaban J connectivity index is -0.000000424. The molecule has 57 heavy (non-hydrogen) atoms. The number of hydrogen-bond acceptors (Lipinski definition) is 4. The van der Waals surface area contributed by atoms with Gasteiger partial charge < -0.3 is 21.3 Å². The Labute approximate surface area is 361 Å². The van der Waals surface area contributed by atoms with Crippen molar-refractivity contribution in [3.63, 3.8) is 0 Å². The minimum absolute atomic E-state index is 0.105. The van der Waals surface area contributed by atoms with Crippen LogP contribution in [-0.2, 0) is 0 Å². The van der Waals surface area contributed by atoms with Gasteiger partial charge in [0.15, 0.2) is 0 Å². The highest BCUT2D eigenvalue weighted by Crippen LogP contribution is 2.57. The first-order valence-electron chi connectivity index (χ1n) is 23.4. The summed E-state index contributed by atoms with van der Waals surface area (Å²) in [5, 5.41) is 7.37. The molecule has 1 saturated heterocycles. The lowest BCUT2D eigenvalue weighted by molar-refractivity contribution is 0.229. The number of hydrogen-bond donors (Lipinski definition) is 3. The maximum Gasteiger partial charge on any atom is 0.0917 e. The van der Waals surface area contributed by atoms with Gasteiger partial charge in [-0.05, 0) is 91.9 Å². The normalized spacial score (nSPS) is 20.7. The summed E-state index contributed by atoms with van der Waals surface area (Å²) in [5.41, 5.74) is 11.3. The third kappa shape index (κ3) is 27.9. The number of allylic oxidation sites excluding steroid dienone is 2. The topological polar surface area (TPSA) is 53.3 Å². The van der Waals surface area contributed by atoms with Crippen molar-refractivity contribution in [3.05, 3.63) is 73.4 Å². The minimum Gasteiger partial charge on any atom is -0.399 e. The highest BCUT2D eigenvalue weighted by Gasteiger charge is 2.59. The highest BCUT2D eigenvalue weighted by atomic mass is 15.2. The van der Waals surface area contributed by atoms with E-state index in [2.05, 4.69) is 145 Å². The second-order valence-electron chi connectivity index (χ2n) is 19.1. The molecule has 2 saturated carbocycles. The van der Waals surface area contributed by atoms with Crippen LogP contribution >= 0.6 is 0 Å². The summed E-state index contributed by atoms with van der Waals surface area (Å²) in [6.07, 6.45) is 9.97. The van der Waals surface area contributed by atoms with Crippen LogP contribution < -0.4 is 16.4 Å². The van der Waals surface area contributed by atoms with Crippen LogP contribution in [0.15, 0.2) is 73.4 Å². The second kappa shape index (κ2) is 31.5. The maximum absolute atomic E-state index is 5.56. The summed E-state index contributed by atoms with van der Waals surface area (Å²) in [6.45, 7) is 70.9. The molecule has 4 nitrogen and oxygen atoms in total. The van der Waals surface area contributed by atoms with Gasteiger partial charge in [0.2, 0.25) is 0 Å². The zero-order valence-corrected chi connectivity index (χ0v) is 42.8. The predicted octanol–water partition coefficient (Wildman–Crippen LogP) is 15.9. The molecular formula is C53H106N4. The molecule has 0 bridgehead atoms. The quantitative estimate of drug-likeness (QED) is 0.108. The van der Waals surface area contributed by atoms with Crippen LogP contribution in [0.3, 0.4) is 0 Å². The average Bonchev–Trinajstić information content (AvgIpc) is 4.03. The van der Waals surface area contributed by atoms with Gasteiger partial charge in [0.05, 0.1) is 11.9 Å². The first-order valence-corrected chi connectivity index (χ1v) is 23.4. The van der Waals surface area contributed by atoms with Crippen molar-refractivity contribution >= 4 is 0 Å². The fourth-order valence-electron chi connectivity index (χ4n) is 7.07. The Hall–Kier alpha value is -2.36. The van der Waals surface area contributed by atoms with Crippen molar-refractivity contribution < 1.29 is 0 Å². The first kappa shape index (κ1) is 61.3. The zero-order valence-electron chi connectivity index (χ0n) is 42.8. The van der Waals surface area contributed by atoms with Gasteiger partial charge in [0, 0.05) is 36.4 Å². The van der Waals surface area contributed by atoms with Gasteiger partial charge in [-0.2, -0.15) is 0 Å². The molecule has 3 rings (SSSR count). The summed E-state index contributed by atoms with van der Waals surface area (Å²) in [5.74, 6) is 5.73. The summed E-state index contributed by atoms with van der Waals surface area (Å²) in [7, 11) is 0. The Morgan fingerprint density at radius 2 is 1.26 bits per heavy atom. The zero-order chi connectivity index (χ0) is 46.0. The molecule has 1 aliphatic heterocycles. The van der Waals surface area contributed by atoms with Gasteiger partial charge in [0.1, 0.15) is 0 Å². The van der Waals surface area contributed by atoms with Crippen molar-refractivity contribution in [1.29, 1.82) is 0 Å². The minimum atomic E-state index is 0.105. The molecule has 3 fully saturated rings. The van der Waals surface area contributed by atoms with Crippen LogP contribution in [0.4, 0.5) is 0 Å². The number of piperidine rings is 1. The van der Waals surface area contributed by atoms with Crippen LogP contribution in [0.5, 0.6) is 0 Å². The van der Waals surface area contributed by atoms with Crippen LogP contribution in [0.2, 0.25) is 0 Å². The van der Waals surface area contributed by atoms with Gasteiger partial charge in [-0.25, -0.2) is 0 Å². The molecule has 0 amide bonds. The third-order valence-electron chi connectivity index (χ3n) is 11.0. The van der Waals surface area contributed by atoms with Crippen LogP contribution in [0.1, 0.15) is 197 Å². The average molecular weight is 799 g/mol. The highest BCUT2D eigenvalue weighted by molar-refractivity contribution is 5.25. The van der Waals surface area contributed by atoms with Gasteiger partial charge in [-0.15, -0.1) is 6.58 Å². The second-order valence-corrected chi connectivity index (χ2v) is 19.1. The van der Waals surface area contributed by atoms with E-state index >= 15 is 0 Å². The SMILES string of the molecule is C=C(C)C.C=C(N)C(=C)C(C)CC(C)CC.C=C(NC(CC(=C)N1C[C@@H]2C(C)[C@@H]2C1C(=C)C)C(C)(C)C)N[C@H](CC)CC(C)(C)C.CC.CC.CC.CCC1CC1. The Kier molecular flexibility index (Phi) is 33.9. The van der Waals surface area contributed by atoms with Gasteiger partial charge in [-0.1, -0.05) is 194 Å². The van der Waals surface area contributed by atoms with E-state index in [0.29, 0.717) is 29.1 Å². The molecular weight excluding hydrogens is 693 g/mol. The first-order chi connectivity index (χ1) is 26.3. The van der Waals surface area contributed by atoms with Crippen LogP contribution in [0.25, 0.3) is 0 Å². The number of likely N-dealkylation sites (tertiary alicyclic amines) is 1. The molecule has 1 heterocycles. The Morgan fingerprint density at radius 1 is 0.789 bits per heavy atom. The fraction of sp³-hybridized carbons (Fsp3) is 0.774. The lowest BCUT2D eigenvalue weighted by atomic mass is 9.83. The molecule has 338 valence electrons. The number of nitrogens with one attached hydrogen (secondary N) is 2. The van der Waals surface area contributed by atoms with E-state index in [0.717, 1.165) is 73.2 Å². The van der Waals surface area contributed by atoms with Crippen LogP contribution in [0, 0.1) is 46.3 Å². The Morgan fingerprint density at radius 3 is 1.58 bits per heavy atom. The van der Waals surface area contributed by atoms with Gasteiger partial charge >= 0.3 is 0 Å². The van der Waals surface area contributed by atoms with Crippen molar-refractivity contribution in [2.45, 2.75) is 215 Å². The molecule has 2 aliphatic carbocycles. The predicted molar refractivity (Wildman–Crippen MR) is 265 cm³/mol. The number of nitrogens with two attached hydrogens (primary N) is 1. The van der Waals surface area contributed by atoms with E-state index in [1.165, 1.54) is 42.5 Å². The summed E-state index contributed by atoms with van der Waals surface area (Å²) >= 11 is 0. The Bertz CT molecular complexity index is 1120. The molecule has 5 unspecified atom stereocenters. The number of fused-ring (bicyclic) bond motifs is 1. The number of nitrogens with zero attached hydrogens (tertiary/aromatic N) is 1. The summed E-state index contributed by atoms with van der Waals surface area (Å²) < 4.78 is 0. The largest absolute Gasteiger partial charge is 0.399 e. The summed E-state index contributed by atoms with van der Waals surface area (Å²) in [4.78, 5) is 2.54. The van der Waals surface area contributed by atoms with Gasteiger partial charge in [0.25, 0.3) is 0 Å². The fourth-order valence-corrected chi connectivity index (χ4v) is 7.07. The van der Waals surface area contributed by atoms with Gasteiger partial charge in [-0.3, -0.25) is 0 Å². The third-order valence-corrected chi connectivity index (χ3v) is 11.0. The molecule has 0 aromatic rings. The molecule has 8 atom stereocenters. The van der Waals surface area contributed by atoms with Crippen molar-refractivity contribution in [2.24, 2.45) is 52.1 Å².